The van der Waals surface area contributed by atoms with E-state index in [1.54, 1.807) is 0 Å². The summed E-state index contributed by atoms with van der Waals surface area (Å²) in [5, 5.41) is 0. The molecule has 0 N–H and O–H groups in total. The quantitative estimate of drug-likeness (QED) is 0.611. The highest BCUT2D eigenvalue weighted by Gasteiger charge is 2.09. The number of hydrogen-bond acceptors (Lipinski definition) is 1. The average molecular weight is 194 g/mol. The number of nitrogens with zero attached hydrogens (tertiary/aromatic N) is 1. The smallest absolute Gasteiger partial charge is 0.0117 e. The average Bonchev–Trinajstić information content (AvgIpc) is 1.59. The molecule has 0 heterocycles. The number of rotatable bonds is 2. The lowest BCUT2D eigenvalue weighted by molar-refractivity contribution is 0.345. The van der Waals surface area contributed by atoms with Crippen molar-refractivity contribution in [3.63, 3.8) is 0 Å². The number of halogens is 1. The summed E-state index contributed by atoms with van der Waals surface area (Å²) in [6.07, 6.45) is 1.23. The van der Waals surface area contributed by atoms with Gasteiger partial charge in [-0.3, -0.25) is 0 Å². The highest BCUT2D eigenvalue weighted by atomic mass is 79.9. The van der Waals surface area contributed by atoms with Gasteiger partial charge in [-0.25, -0.2) is 3.93 Å². The summed E-state index contributed by atoms with van der Waals surface area (Å²) >= 11 is 3.36. The van der Waals surface area contributed by atoms with Crippen LogP contribution in [-0.2, 0) is 0 Å². The van der Waals surface area contributed by atoms with Gasteiger partial charge in [0.1, 0.15) is 0 Å². The van der Waals surface area contributed by atoms with Crippen LogP contribution in [0.2, 0.25) is 0 Å². The monoisotopic (exact) mass is 193 g/mol. The molecule has 56 valence electrons. The van der Waals surface area contributed by atoms with Crippen LogP contribution >= 0.6 is 16.1 Å². The van der Waals surface area contributed by atoms with Crippen molar-refractivity contribution in [2.75, 3.05) is 13.6 Å². The second-order valence-corrected chi connectivity index (χ2v) is 4.85. The molecule has 0 atom stereocenters. The number of hydrogen-bond donors (Lipinski definition) is 0. The van der Waals surface area contributed by atoms with Gasteiger partial charge in [-0.2, -0.15) is 0 Å². The van der Waals surface area contributed by atoms with E-state index in [1.807, 2.05) is 11.0 Å². The molecule has 0 fully saturated rings. The molecule has 0 saturated carbocycles. The van der Waals surface area contributed by atoms with Crippen LogP contribution in [-0.4, -0.2) is 17.5 Å². The second kappa shape index (κ2) is 3.57. The van der Waals surface area contributed by atoms with E-state index in [-0.39, 0.29) is 0 Å². The largest absolute Gasteiger partial charge is 0.245 e. The molecule has 0 spiro atoms. The second-order valence-electron chi connectivity index (χ2n) is 3.64. The molecule has 0 aromatic heterocycles. The van der Waals surface area contributed by atoms with E-state index >= 15 is 0 Å². The van der Waals surface area contributed by atoms with Crippen molar-refractivity contribution < 1.29 is 0 Å². The van der Waals surface area contributed by atoms with Gasteiger partial charge in [-0.05, 0) is 18.9 Å². The molecule has 0 radical (unpaired) electrons. The van der Waals surface area contributed by atoms with Gasteiger partial charge >= 0.3 is 0 Å². The molecule has 2 heteroatoms. The van der Waals surface area contributed by atoms with Crippen LogP contribution in [0.4, 0.5) is 0 Å². The summed E-state index contributed by atoms with van der Waals surface area (Å²) in [6.45, 7) is 7.88. The lowest BCUT2D eigenvalue weighted by Gasteiger charge is -2.19. The first kappa shape index (κ1) is 9.44. The molecular weight excluding hydrogens is 178 g/mol. The summed E-state index contributed by atoms with van der Waals surface area (Å²) in [5.74, 6) is 0. The SMILES string of the molecule is CN(Br)CCC(C)(C)C. The van der Waals surface area contributed by atoms with Crippen molar-refractivity contribution in [3.05, 3.63) is 0 Å². The van der Waals surface area contributed by atoms with Gasteiger partial charge in [0.15, 0.2) is 0 Å². The Morgan fingerprint density at radius 1 is 1.33 bits per heavy atom. The van der Waals surface area contributed by atoms with E-state index in [9.17, 15) is 0 Å². The van der Waals surface area contributed by atoms with Gasteiger partial charge in [0.05, 0.1) is 0 Å². The summed E-state index contributed by atoms with van der Waals surface area (Å²) in [5.41, 5.74) is 0.460. The van der Waals surface area contributed by atoms with Gasteiger partial charge < -0.3 is 0 Å². The summed E-state index contributed by atoms with van der Waals surface area (Å²) in [4.78, 5) is 0. The Kier molecular flexibility index (Phi) is 3.74. The Morgan fingerprint density at radius 2 is 1.78 bits per heavy atom. The summed E-state index contributed by atoms with van der Waals surface area (Å²) in [6, 6.07) is 0. The maximum absolute atomic E-state index is 3.36. The lowest BCUT2D eigenvalue weighted by Crippen LogP contribution is -2.14. The Morgan fingerprint density at radius 3 is 1.89 bits per heavy atom. The minimum atomic E-state index is 0.460. The van der Waals surface area contributed by atoms with Crippen molar-refractivity contribution in [2.24, 2.45) is 5.41 Å². The Labute approximate surface area is 66.8 Å². The Hall–Kier alpha value is 0.440. The third-order valence-corrected chi connectivity index (χ3v) is 1.52. The van der Waals surface area contributed by atoms with Crippen molar-refractivity contribution in [2.45, 2.75) is 27.2 Å². The zero-order valence-corrected chi connectivity index (χ0v) is 8.33. The van der Waals surface area contributed by atoms with Gasteiger partial charge in [-0.15, -0.1) is 0 Å². The standard InChI is InChI=1S/C7H16BrN/c1-7(2,3)5-6-9(4)8/h5-6H2,1-4H3. The van der Waals surface area contributed by atoms with Crippen molar-refractivity contribution in [3.8, 4) is 0 Å². The Bertz CT molecular complexity index is 73.5. The molecule has 1 nitrogen and oxygen atoms in total. The van der Waals surface area contributed by atoms with Crippen LogP contribution in [0.25, 0.3) is 0 Å². The van der Waals surface area contributed by atoms with E-state index in [4.69, 9.17) is 0 Å². The summed E-state index contributed by atoms with van der Waals surface area (Å²) < 4.78 is 2.04. The first-order valence-electron chi connectivity index (χ1n) is 3.29. The molecular formula is C7H16BrN. The molecule has 0 bridgehead atoms. The molecule has 9 heavy (non-hydrogen) atoms. The van der Waals surface area contributed by atoms with Crippen LogP contribution in [0.1, 0.15) is 27.2 Å². The fourth-order valence-electron chi connectivity index (χ4n) is 0.489. The molecule has 0 saturated heterocycles. The van der Waals surface area contributed by atoms with E-state index in [2.05, 4.69) is 36.9 Å². The molecule has 0 rings (SSSR count). The molecule has 0 aliphatic heterocycles. The van der Waals surface area contributed by atoms with Crippen LogP contribution in [0.5, 0.6) is 0 Å². The normalized spacial score (nSPS) is 12.7. The zero-order valence-electron chi connectivity index (χ0n) is 6.74. The lowest BCUT2D eigenvalue weighted by atomic mass is 9.92. The van der Waals surface area contributed by atoms with Gasteiger partial charge in [0, 0.05) is 22.7 Å². The molecule has 0 aromatic rings. The topological polar surface area (TPSA) is 3.24 Å². The predicted octanol–water partition coefficient (Wildman–Crippen LogP) is 2.66. The third-order valence-electron chi connectivity index (χ3n) is 1.17. The van der Waals surface area contributed by atoms with Crippen LogP contribution < -0.4 is 0 Å². The molecule has 0 unspecified atom stereocenters. The predicted molar refractivity (Wildman–Crippen MR) is 45.6 cm³/mol. The maximum Gasteiger partial charge on any atom is 0.0117 e. The maximum atomic E-state index is 3.36. The fraction of sp³-hybridized carbons (Fsp3) is 1.00. The van der Waals surface area contributed by atoms with E-state index in [0.29, 0.717) is 5.41 Å². The van der Waals surface area contributed by atoms with Crippen molar-refractivity contribution in [1.29, 1.82) is 0 Å². The van der Waals surface area contributed by atoms with Crippen LogP contribution in [0, 0.1) is 5.41 Å². The highest BCUT2D eigenvalue weighted by Crippen LogP contribution is 2.18. The Balaban J connectivity index is 3.28. The third kappa shape index (κ3) is 8.44. The molecule has 0 aliphatic rings. The first-order chi connectivity index (χ1) is 3.92. The minimum absolute atomic E-state index is 0.460. The van der Waals surface area contributed by atoms with Crippen LogP contribution in [0.15, 0.2) is 0 Å². The summed E-state index contributed by atoms with van der Waals surface area (Å²) in [7, 11) is 2.03. The van der Waals surface area contributed by atoms with E-state index in [0.717, 1.165) is 6.54 Å². The minimum Gasteiger partial charge on any atom is -0.245 e. The van der Waals surface area contributed by atoms with E-state index < -0.39 is 0 Å². The molecule has 0 aromatic carbocycles. The van der Waals surface area contributed by atoms with Crippen LogP contribution in [0.3, 0.4) is 0 Å². The fourth-order valence-corrected chi connectivity index (χ4v) is 0.667. The van der Waals surface area contributed by atoms with Crippen molar-refractivity contribution in [1.82, 2.24) is 3.93 Å². The first-order valence-corrected chi connectivity index (χ1v) is 4.00. The van der Waals surface area contributed by atoms with Gasteiger partial charge in [0.25, 0.3) is 0 Å². The molecule has 0 aliphatic carbocycles. The van der Waals surface area contributed by atoms with Crippen molar-refractivity contribution >= 4 is 16.1 Å². The van der Waals surface area contributed by atoms with Gasteiger partial charge in [-0.1, -0.05) is 20.8 Å². The zero-order chi connectivity index (χ0) is 7.49. The van der Waals surface area contributed by atoms with Gasteiger partial charge in [0.2, 0.25) is 0 Å². The van der Waals surface area contributed by atoms with E-state index in [1.165, 1.54) is 6.42 Å². The highest BCUT2D eigenvalue weighted by molar-refractivity contribution is 9.07. The molecule has 0 amide bonds.